The number of unbranched alkanes of at least 4 members (excludes halogenated alkanes) is 12. The van der Waals surface area contributed by atoms with Gasteiger partial charge in [-0.3, -0.25) is 23.2 Å². The minimum absolute atomic E-state index is 0.0570. The molecule has 6 N–H and O–H groups in total. The number of hydrogen-bond acceptors (Lipinski definition) is 12. The number of aliphatic hydroxyl groups is 3. The molecular formula is C46H80O15P2. The molecule has 0 saturated heterocycles. The molecule has 0 saturated carbocycles. The number of hydrogen-bond donors (Lipinski definition) is 6. The molecule has 0 rings (SSSR count). The fourth-order valence-electron chi connectivity index (χ4n) is 5.74. The van der Waals surface area contributed by atoms with Gasteiger partial charge >= 0.3 is 27.6 Å². The van der Waals surface area contributed by atoms with E-state index in [1.807, 2.05) is 37.3 Å². The van der Waals surface area contributed by atoms with Crippen molar-refractivity contribution in [3.63, 3.8) is 0 Å². The lowest BCUT2D eigenvalue weighted by Crippen LogP contribution is -2.29. The topological polar surface area (TPSA) is 236 Å². The van der Waals surface area contributed by atoms with Crippen LogP contribution >= 0.6 is 15.6 Å². The van der Waals surface area contributed by atoms with Gasteiger partial charge in [-0.05, 0) is 44.4 Å². The number of rotatable bonds is 41. The first-order valence-electron chi connectivity index (χ1n) is 22.7. The van der Waals surface area contributed by atoms with Crippen molar-refractivity contribution >= 4 is 27.6 Å². The van der Waals surface area contributed by atoms with Crippen molar-refractivity contribution in [2.75, 3.05) is 26.4 Å². The van der Waals surface area contributed by atoms with Gasteiger partial charge in [0.15, 0.2) is 6.10 Å². The van der Waals surface area contributed by atoms with Crippen LogP contribution in [0.5, 0.6) is 0 Å². The van der Waals surface area contributed by atoms with E-state index in [1.165, 1.54) is 57.8 Å². The van der Waals surface area contributed by atoms with Crippen LogP contribution in [-0.4, -0.2) is 92.8 Å². The van der Waals surface area contributed by atoms with Crippen LogP contribution in [-0.2, 0) is 41.8 Å². The fraction of sp³-hybridized carbons (Fsp3) is 0.696. The second-order valence-corrected chi connectivity index (χ2v) is 18.5. The Kier molecular flexibility index (Phi) is 38.2. The van der Waals surface area contributed by atoms with Gasteiger partial charge in [-0.1, -0.05) is 171 Å². The standard InChI is InChI=1S/C46H80O15P2/c1-4-5-22-30-41(47)31-24-18-14-12-15-19-25-32-42(48)33-26-21-28-35-46(51)61-44(39-60-63(55,56)59-37-43(49)36-58-62(52,53)54)38-57-45(50)34-27-20-16-11-9-7-6-8-10-13-17-23-29-40(2)3/h5,14-15,18-19,22,24-26,31-33,40-44,47-49H,4,6-13,16-17,20-21,23,27-30,34-39H2,1-3H3,(H,55,56)(H2,52,53,54)/b18-14-,19-15-,22-5-,31-24+,32-25+,33-26-/t41-,42-,43-,44+/m0/s1. The van der Waals surface area contributed by atoms with Crippen molar-refractivity contribution in [2.24, 2.45) is 5.92 Å². The average Bonchev–Trinajstić information content (AvgIpc) is 3.22. The number of phosphoric acid groups is 2. The molecule has 0 aromatic rings. The minimum Gasteiger partial charge on any atom is -0.462 e. The van der Waals surface area contributed by atoms with E-state index in [9.17, 15) is 38.9 Å². The maximum absolute atomic E-state index is 12.7. The second-order valence-electron chi connectivity index (χ2n) is 15.8. The zero-order chi connectivity index (χ0) is 47.0. The summed E-state index contributed by atoms with van der Waals surface area (Å²) in [5.41, 5.74) is 0. The Morgan fingerprint density at radius 1 is 0.587 bits per heavy atom. The minimum atomic E-state index is -4.89. The Bertz CT molecular complexity index is 1440. The van der Waals surface area contributed by atoms with Gasteiger partial charge in [0.25, 0.3) is 0 Å². The summed E-state index contributed by atoms with van der Waals surface area (Å²) in [6, 6.07) is 0. The van der Waals surface area contributed by atoms with Crippen LogP contribution in [0.4, 0.5) is 0 Å². The van der Waals surface area contributed by atoms with Gasteiger partial charge in [-0.15, -0.1) is 0 Å². The zero-order valence-corrected chi connectivity index (χ0v) is 39.8. The summed E-state index contributed by atoms with van der Waals surface area (Å²) in [7, 11) is -9.76. The van der Waals surface area contributed by atoms with Crippen LogP contribution in [0, 0.1) is 5.92 Å². The van der Waals surface area contributed by atoms with Crippen molar-refractivity contribution in [1.29, 1.82) is 0 Å². The highest BCUT2D eigenvalue weighted by Crippen LogP contribution is 2.43. The molecule has 0 aliphatic heterocycles. The van der Waals surface area contributed by atoms with Crippen LogP contribution in [0.3, 0.4) is 0 Å². The summed E-state index contributed by atoms with van der Waals surface area (Å²) in [4.78, 5) is 52.7. The molecule has 0 radical (unpaired) electrons. The quantitative estimate of drug-likeness (QED) is 0.0110. The van der Waals surface area contributed by atoms with Gasteiger partial charge in [0.05, 0.1) is 32.0 Å². The number of aliphatic hydroxyl groups excluding tert-OH is 3. The van der Waals surface area contributed by atoms with E-state index in [0.717, 1.165) is 31.6 Å². The lowest BCUT2D eigenvalue weighted by molar-refractivity contribution is -0.161. The first kappa shape index (κ1) is 60.5. The first-order valence-corrected chi connectivity index (χ1v) is 25.7. The van der Waals surface area contributed by atoms with Crippen LogP contribution in [0.1, 0.15) is 149 Å². The highest BCUT2D eigenvalue weighted by Gasteiger charge is 2.28. The molecule has 0 fully saturated rings. The third-order valence-electron chi connectivity index (χ3n) is 9.20. The maximum Gasteiger partial charge on any atom is 0.472 e. The van der Waals surface area contributed by atoms with Gasteiger partial charge in [0.1, 0.15) is 12.7 Å². The lowest BCUT2D eigenvalue weighted by Gasteiger charge is -2.20. The predicted molar refractivity (Wildman–Crippen MR) is 246 cm³/mol. The van der Waals surface area contributed by atoms with Crippen molar-refractivity contribution in [2.45, 2.75) is 174 Å². The van der Waals surface area contributed by atoms with Crippen molar-refractivity contribution < 1.29 is 71.8 Å². The summed E-state index contributed by atoms with van der Waals surface area (Å²) in [6.07, 6.45) is 35.5. The Labute approximate surface area is 377 Å². The van der Waals surface area contributed by atoms with Gasteiger partial charge in [0.2, 0.25) is 0 Å². The highest BCUT2D eigenvalue weighted by atomic mass is 31.2. The number of esters is 2. The predicted octanol–water partition coefficient (Wildman–Crippen LogP) is 9.58. The molecule has 0 aromatic carbocycles. The number of phosphoric ester groups is 2. The third kappa shape index (κ3) is 44.5. The molecule has 63 heavy (non-hydrogen) atoms. The molecule has 17 heteroatoms. The molecule has 1 unspecified atom stereocenters. The van der Waals surface area contributed by atoms with Crippen LogP contribution < -0.4 is 0 Å². The third-order valence-corrected chi connectivity index (χ3v) is 10.6. The Morgan fingerprint density at radius 3 is 1.75 bits per heavy atom. The number of carbonyl (C=O) groups is 2. The lowest BCUT2D eigenvalue weighted by atomic mass is 10.0. The van der Waals surface area contributed by atoms with Crippen molar-refractivity contribution in [3.05, 3.63) is 72.9 Å². The first-order chi connectivity index (χ1) is 30.0. The molecule has 0 spiro atoms. The average molecular weight is 935 g/mol. The number of carbonyl (C=O) groups excluding carboxylic acids is 2. The smallest absolute Gasteiger partial charge is 0.462 e. The summed E-state index contributed by atoms with van der Waals surface area (Å²) in [6.45, 7) is 3.65. The van der Waals surface area contributed by atoms with Crippen LogP contribution in [0.25, 0.3) is 0 Å². The second kappa shape index (κ2) is 39.8. The SMILES string of the molecule is CC/C=C\C[C@H](O)/C=C/C=C\C/C=C\C=C\[C@H](O)/C=C\CCCC(=O)O[C@H](COC(=O)CCCCCCCCCCCCCCC(C)C)COP(=O)(O)OC[C@@H](O)COP(=O)(O)O. The summed E-state index contributed by atoms with van der Waals surface area (Å²) in [5.74, 6) is -0.435. The van der Waals surface area contributed by atoms with Crippen LogP contribution in [0.2, 0.25) is 0 Å². The van der Waals surface area contributed by atoms with E-state index in [1.54, 1.807) is 42.5 Å². The van der Waals surface area contributed by atoms with E-state index >= 15 is 0 Å². The molecule has 364 valence electrons. The molecule has 15 nitrogen and oxygen atoms in total. The van der Waals surface area contributed by atoms with Gasteiger partial charge < -0.3 is 39.5 Å². The van der Waals surface area contributed by atoms with Crippen LogP contribution in [0.15, 0.2) is 72.9 Å². The summed E-state index contributed by atoms with van der Waals surface area (Å²) >= 11 is 0. The van der Waals surface area contributed by atoms with E-state index in [-0.39, 0.29) is 12.8 Å². The normalized spacial score (nSPS) is 15.7. The Hall–Kier alpha value is -2.52. The molecule has 0 aliphatic carbocycles. The molecule has 0 bridgehead atoms. The summed E-state index contributed by atoms with van der Waals surface area (Å²) < 4.78 is 47.7. The fourth-order valence-corrected chi connectivity index (χ4v) is 6.90. The van der Waals surface area contributed by atoms with E-state index < -0.39 is 78.4 Å². The highest BCUT2D eigenvalue weighted by molar-refractivity contribution is 7.47. The van der Waals surface area contributed by atoms with Gasteiger partial charge in [-0.25, -0.2) is 9.13 Å². The molecular weight excluding hydrogens is 854 g/mol. The largest absolute Gasteiger partial charge is 0.472 e. The van der Waals surface area contributed by atoms with E-state index in [4.69, 9.17) is 23.8 Å². The number of ether oxygens (including phenoxy) is 2. The molecule has 5 atom stereocenters. The molecule has 0 aliphatic rings. The number of allylic oxidation sites excluding steroid dienone is 8. The Morgan fingerprint density at radius 2 is 1.14 bits per heavy atom. The summed E-state index contributed by atoms with van der Waals surface area (Å²) in [5, 5.41) is 29.8. The molecule has 0 amide bonds. The van der Waals surface area contributed by atoms with E-state index in [2.05, 4.69) is 22.9 Å². The maximum atomic E-state index is 12.7. The van der Waals surface area contributed by atoms with Crippen molar-refractivity contribution in [1.82, 2.24) is 0 Å². The molecule has 0 heterocycles. The van der Waals surface area contributed by atoms with Crippen molar-refractivity contribution in [3.8, 4) is 0 Å². The van der Waals surface area contributed by atoms with E-state index in [0.29, 0.717) is 32.1 Å². The van der Waals surface area contributed by atoms with Gasteiger partial charge in [0, 0.05) is 12.8 Å². The monoisotopic (exact) mass is 934 g/mol. The molecule has 0 aromatic heterocycles. The van der Waals surface area contributed by atoms with Gasteiger partial charge in [-0.2, -0.15) is 0 Å². The zero-order valence-electron chi connectivity index (χ0n) is 38.0. The Balaban J connectivity index is 4.75.